The molecule has 0 radical (unpaired) electrons. The molecular formula is C37H42BrN7O5. The second-order valence-electron chi connectivity index (χ2n) is 12.6. The summed E-state index contributed by atoms with van der Waals surface area (Å²) in [6.07, 6.45) is 0.809. The van der Waals surface area contributed by atoms with E-state index in [4.69, 9.17) is 14.5 Å². The van der Waals surface area contributed by atoms with E-state index in [-0.39, 0.29) is 36.2 Å². The molecule has 1 unspecified atom stereocenters. The maximum atomic E-state index is 13.0. The van der Waals surface area contributed by atoms with E-state index in [1.165, 1.54) is 0 Å². The van der Waals surface area contributed by atoms with E-state index in [0.717, 1.165) is 51.1 Å². The van der Waals surface area contributed by atoms with Gasteiger partial charge in [0.15, 0.2) is 11.5 Å². The van der Waals surface area contributed by atoms with Crippen molar-refractivity contribution in [1.29, 1.82) is 0 Å². The fourth-order valence-electron chi connectivity index (χ4n) is 6.37. The van der Waals surface area contributed by atoms with Gasteiger partial charge in [0.2, 0.25) is 17.7 Å². The van der Waals surface area contributed by atoms with Crippen molar-refractivity contribution in [2.24, 2.45) is 0 Å². The Labute approximate surface area is 300 Å². The van der Waals surface area contributed by atoms with Crippen LogP contribution in [0.2, 0.25) is 0 Å². The lowest BCUT2D eigenvalue weighted by molar-refractivity contribution is -0.134. The van der Waals surface area contributed by atoms with Crippen LogP contribution in [-0.2, 0) is 14.4 Å². The summed E-state index contributed by atoms with van der Waals surface area (Å²) in [7, 11) is 1.63. The number of nitrogens with zero attached hydrogens (tertiary/aromatic N) is 4. The van der Waals surface area contributed by atoms with Gasteiger partial charge in [-0.05, 0) is 61.7 Å². The van der Waals surface area contributed by atoms with Gasteiger partial charge < -0.3 is 25.0 Å². The molecule has 2 atom stereocenters. The zero-order chi connectivity index (χ0) is 35.2. The molecule has 0 spiro atoms. The van der Waals surface area contributed by atoms with Crippen LogP contribution in [-0.4, -0.2) is 90.5 Å². The van der Waals surface area contributed by atoms with Gasteiger partial charge in [0.05, 0.1) is 31.1 Å². The number of carbonyl (C=O) groups excluding carboxylic acids is 3. The molecule has 6 rings (SSSR count). The molecule has 4 aromatic rings. The molecule has 13 heteroatoms. The number of aryl methyl sites for hydroxylation is 1. The molecule has 3 N–H and O–H groups in total. The number of rotatable bonds is 12. The number of methoxy groups -OCH3 is 1. The normalized spacial score (nSPS) is 17.3. The highest BCUT2D eigenvalue weighted by atomic mass is 79.9. The minimum Gasteiger partial charge on any atom is -0.493 e. The van der Waals surface area contributed by atoms with Gasteiger partial charge in [-0.1, -0.05) is 40.2 Å². The van der Waals surface area contributed by atoms with E-state index in [1.54, 1.807) is 7.11 Å². The van der Waals surface area contributed by atoms with Gasteiger partial charge in [0.25, 0.3) is 0 Å². The zero-order valence-electron chi connectivity index (χ0n) is 28.5. The largest absolute Gasteiger partial charge is 0.493 e. The molecule has 12 nitrogen and oxygen atoms in total. The first-order chi connectivity index (χ1) is 24.2. The van der Waals surface area contributed by atoms with Crippen LogP contribution in [0, 0.1) is 6.92 Å². The molecule has 2 saturated heterocycles. The lowest BCUT2D eigenvalue weighted by atomic mass is 9.90. The molecule has 2 fully saturated rings. The number of piperazine rings is 1. The number of ether oxygens (including phenoxy) is 2. The first kappa shape index (κ1) is 35.1. The monoisotopic (exact) mass is 743 g/mol. The van der Waals surface area contributed by atoms with Crippen LogP contribution in [0.1, 0.15) is 48.7 Å². The number of benzene rings is 3. The first-order valence-corrected chi connectivity index (χ1v) is 17.6. The Balaban J connectivity index is 0.991. The van der Waals surface area contributed by atoms with Crippen molar-refractivity contribution in [3.8, 4) is 11.5 Å². The lowest BCUT2D eigenvalue weighted by Crippen LogP contribution is -2.50. The van der Waals surface area contributed by atoms with Crippen molar-refractivity contribution < 1.29 is 23.9 Å². The number of nitrogens with one attached hydrogen (secondary N) is 3. The van der Waals surface area contributed by atoms with E-state index in [1.807, 2.05) is 60.4 Å². The van der Waals surface area contributed by atoms with Crippen molar-refractivity contribution in [2.45, 2.75) is 38.6 Å². The highest BCUT2D eigenvalue weighted by Gasteiger charge is 2.28. The van der Waals surface area contributed by atoms with Crippen molar-refractivity contribution in [2.75, 3.05) is 63.6 Å². The van der Waals surface area contributed by atoms with Crippen LogP contribution in [0.25, 0.3) is 10.9 Å². The highest BCUT2D eigenvalue weighted by Crippen LogP contribution is 2.35. The van der Waals surface area contributed by atoms with Crippen LogP contribution in [0.3, 0.4) is 0 Å². The second-order valence-corrected chi connectivity index (χ2v) is 13.5. The Morgan fingerprint density at radius 2 is 1.84 bits per heavy atom. The summed E-state index contributed by atoms with van der Waals surface area (Å²) in [6, 6.07) is 19.5. The SMILES string of the molecule is COc1cc2c(N[C@H](C)c3cccc(Br)c3)nc(C)nc2cc1OCCN1CCN(C(=O)CNc2cccc(C3CCC(=O)NC3=O)c2)CC1. The van der Waals surface area contributed by atoms with E-state index >= 15 is 0 Å². The molecule has 0 saturated carbocycles. The quantitative estimate of drug-likeness (QED) is 0.169. The Hall–Kier alpha value is -4.75. The predicted octanol–water partition coefficient (Wildman–Crippen LogP) is 5.04. The maximum Gasteiger partial charge on any atom is 0.241 e. The standard InChI is InChI=1S/C37H42BrN7O5/c1-23(25-6-4-8-27(38)18-25)40-36-30-20-32(49-3)33(21-31(30)41-24(2)42-36)50-17-16-44-12-14-45(15-13-44)35(47)22-39-28-9-5-7-26(19-28)29-10-11-34(46)43-37(29)48/h4-9,18-21,23,29,39H,10-17,22H2,1-3H3,(H,40,41,42)(H,43,46,48)/t23-,29?/m1/s1. The number of anilines is 2. The first-order valence-electron chi connectivity index (χ1n) is 16.9. The molecule has 2 aliphatic heterocycles. The van der Waals surface area contributed by atoms with E-state index in [2.05, 4.69) is 60.8 Å². The average Bonchev–Trinajstić information content (AvgIpc) is 3.10. The van der Waals surface area contributed by atoms with Gasteiger partial charge in [0, 0.05) is 60.8 Å². The van der Waals surface area contributed by atoms with Crippen molar-refractivity contribution in [3.05, 3.63) is 82.1 Å². The summed E-state index contributed by atoms with van der Waals surface area (Å²) >= 11 is 3.56. The molecule has 0 bridgehead atoms. The number of halogens is 1. The topological polar surface area (TPSA) is 138 Å². The Bertz CT molecular complexity index is 1880. The third-order valence-electron chi connectivity index (χ3n) is 9.16. The fourth-order valence-corrected chi connectivity index (χ4v) is 6.79. The zero-order valence-corrected chi connectivity index (χ0v) is 30.1. The van der Waals surface area contributed by atoms with Crippen molar-refractivity contribution in [1.82, 2.24) is 25.1 Å². The summed E-state index contributed by atoms with van der Waals surface area (Å²) < 4.78 is 13.0. The summed E-state index contributed by atoms with van der Waals surface area (Å²) in [6.45, 7) is 8.03. The maximum absolute atomic E-state index is 13.0. The van der Waals surface area contributed by atoms with Gasteiger partial charge in [0.1, 0.15) is 18.2 Å². The third kappa shape index (κ3) is 8.51. The highest BCUT2D eigenvalue weighted by molar-refractivity contribution is 9.10. The van der Waals surface area contributed by atoms with Gasteiger partial charge >= 0.3 is 0 Å². The number of hydrogen-bond acceptors (Lipinski definition) is 10. The Morgan fingerprint density at radius 1 is 1.04 bits per heavy atom. The second kappa shape index (κ2) is 15.9. The average molecular weight is 745 g/mol. The Kier molecular flexibility index (Phi) is 11.1. The smallest absolute Gasteiger partial charge is 0.241 e. The summed E-state index contributed by atoms with van der Waals surface area (Å²) in [4.78, 5) is 50.3. The van der Waals surface area contributed by atoms with Gasteiger partial charge in [-0.25, -0.2) is 9.97 Å². The Morgan fingerprint density at radius 3 is 2.60 bits per heavy atom. The molecule has 3 heterocycles. The number of piperidine rings is 1. The van der Waals surface area contributed by atoms with E-state index in [0.29, 0.717) is 56.4 Å². The predicted molar refractivity (Wildman–Crippen MR) is 196 cm³/mol. The van der Waals surface area contributed by atoms with Crippen LogP contribution in [0.5, 0.6) is 11.5 Å². The lowest BCUT2D eigenvalue weighted by Gasteiger charge is -2.34. The van der Waals surface area contributed by atoms with Crippen molar-refractivity contribution >= 4 is 56.1 Å². The molecule has 50 heavy (non-hydrogen) atoms. The minimum absolute atomic E-state index is 0.0166. The van der Waals surface area contributed by atoms with E-state index < -0.39 is 0 Å². The van der Waals surface area contributed by atoms with Gasteiger partial charge in [-0.2, -0.15) is 0 Å². The molecule has 3 aromatic carbocycles. The molecule has 0 aliphatic carbocycles. The van der Waals surface area contributed by atoms with Crippen LogP contribution in [0.15, 0.2) is 65.1 Å². The molecule has 3 amide bonds. The minimum atomic E-state index is -0.366. The number of hydrogen-bond donors (Lipinski definition) is 3. The number of fused-ring (bicyclic) bond motifs is 1. The van der Waals surface area contributed by atoms with Crippen LogP contribution in [0.4, 0.5) is 11.5 Å². The van der Waals surface area contributed by atoms with Crippen LogP contribution < -0.4 is 25.4 Å². The number of carbonyl (C=O) groups is 3. The third-order valence-corrected chi connectivity index (χ3v) is 9.65. The molecular weight excluding hydrogens is 702 g/mol. The van der Waals surface area contributed by atoms with E-state index in [9.17, 15) is 14.4 Å². The van der Waals surface area contributed by atoms with Crippen molar-refractivity contribution in [3.63, 3.8) is 0 Å². The molecule has 262 valence electrons. The number of amides is 3. The van der Waals surface area contributed by atoms with Crippen LogP contribution >= 0.6 is 15.9 Å². The summed E-state index contributed by atoms with van der Waals surface area (Å²) in [5.74, 6) is 1.75. The molecule has 2 aliphatic rings. The summed E-state index contributed by atoms with van der Waals surface area (Å²) in [5, 5.41) is 10.0. The number of imide groups is 1. The fraction of sp³-hybridized carbons (Fsp3) is 0.378. The van der Waals surface area contributed by atoms with Gasteiger partial charge in [-0.3, -0.25) is 24.6 Å². The number of aromatic nitrogens is 2. The van der Waals surface area contributed by atoms with Gasteiger partial charge in [-0.15, -0.1) is 0 Å². The molecule has 1 aromatic heterocycles. The summed E-state index contributed by atoms with van der Waals surface area (Å²) in [5.41, 5.74) is 3.49.